The summed E-state index contributed by atoms with van der Waals surface area (Å²) in [5, 5.41) is 16.1. The SMILES string of the molecule is Cc1cccc(-n2c(CC3CC(=O)NC(=O)N3)nnc2SCC(=O)Nc2cccc(C(F)(F)F)c2)c1. The minimum absolute atomic E-state index is 0.0302. The lowest BCUT2D eigenvalue weighted by Gasteiger charge is -2.23. The molecule has 9 nitrogen and oxygen atoms in total. The lowest BCUT2D eigenvalue weighted by molar-refractivity contribution is -0.137. The quantitative estimate of drug-likeness (QED) is 0.413. The van der Waals surface area contributed by atoms with Crippen LogP contribution in [0.3, 0.4) is 0 Å². The van der Waals surface area contributed by atoms with Gasteiger partial charge in [-0.3, -0.25) is 19.5 Å². The third-order valence-corrected chi connectivity index (χ3v) is 6.14. The van der Waals surface area contributed by atoms with Crippen LogP contribution in [0.1, 0.15) is 23.4 Å². The predicted molar refractivity (Wildman–Crippen MR) is 126 cm³/mol. The van der Waals surface area contributed by atoms with E-state index >= 15 is 0 Å². The molecule has 0 bridgehead atoms. The van der Waals surface area contributed by atoms with E-state index in [2.05, 4.69) is 26.1 Å². The van der Waals surface area contributed by atoms with E-state index < -0.39 is 35.6 Å². The summed E-state index contributed by atoms with van der Waals surface area (Å²) < 4.78 is 40.6. The normalized spacial score (nSPS) is 15.8. The highest BCUT2D eigenvalue weighted by Crippen LogP contribution is 2.31. The van der Waals surface area contributed by atoms with Gasteiger partial charge in [0, 0.05) is 30.3 Å². The van der Waals surface area contributed by atoms with E-state index in [0.717, 1.165) is 35.1 Å². The standard InChI is InChI=1S/C23H21F3N6O3S/c1-13-4-2-7-17(8-13)32-18(10-16-11-19(33)29-21(35)28-16)30-31-22(32)36-12-20(34)27-15-6-3-5-14(9-15)23(24,25)26/h2-9,16H,10-12H2,1H3,(H,27,34)(H2,28,29,33,35). The topological polar surface area (TPSA) is 118 Å². The van der Waals surface area contributed by atoms with E-state index in [9.17, 15) is 27.6 Å². The summed E-state index contributed by atoms with van der Waals surface area (Å²) in [5.74, 6) is -0.577. The number of nitrogens with one attached hydrogen (secondary N) is 3. The molecule has 2 aromatic carbocycles. The van der Waals surface area contributed by atoms with E-state index in [1.165, 1.54) is 12.1 Å². The molecule has 1 saturated heterocycles. The number of hydrogen-bond acceptors (Lipinski definition) is 6. The van der Waals surface area contributed by atoms with Gasteiger partial charge in [-0.15, -0.1) is 10.2 Å². The molecule has 1 aromatic heterocycles. The lowest BCUT2D eigenvalue weighted by Crippen LogP contribution is -2.53. The molecule has 3 N–H and O–H groups in total. The van der Waals surface area contributed by atoms with Crippen molar-refractivity contribution in [1.29, 1.82) is 0 Å². The number of benzene rings is 2. The van der Waals surface area contributed by atoms with Gasteiger partial charge in [-0.05, 0) is 42.8 Å². The largest absolute Gasteiger partial charge is 0.416 e. The highest BCUT2D eigenvalue weighted by atomic mass is 32.2. The van der Waals surface area contributed by atoms with Crippen LogP contribution >= 0.6 is 11.8 Å². The molecule has 3 aromatic rings. The number of thioether (sulfide) groups is 1. The van der Waals surface area contributed by atoms with Crippen LogP contribution in [0, 0.1) is 6.92 Å². The Morgan fingerprint density at radius 2 is 1.94 bits per heavy atom. The Bertz CT molecular complexity index is 1290. The number of halogens is 3. The number of carbonyl (C=O) groups excluding carboxylic acids is 3. The number of imide groups is 1. The van der Waals surface area contributed by atoms with Crippen molar-refractivity contribution >= 4 is 35.3 Å². The molecule has 1 atom stereocenters. The van der Waals surface area contributed by atoms with Crippen molar-refractivity contribution in [1.82, 2.24) is 25.4 Å². The zero-order valence-corrected chi connectivity index (χ0v) is 19.7. The average Bonchev–Trinajstić information content (AvgIpc) is 3.19. The summed E-state index contributed by atoms with van der Waals surface area (Å²) >= 11 is 1.06. The Morgan fingerprint density at radius 3 is 2.67 bits per heavy atom. The maximum atomic E-state index is 12.9. The molecule has 0 saturated carbocycles. The summed E-state index contributed by atoms with van der Waals surface area (Å²) in [6.45, 7) is 1.91. The molecule has 13 heteroatoms. The van der Waals surface area contributed by atoms with Gasteiger partial charge in [0.05, 0.1) is 11.3 Å². The van der Waals surface area contributed by atoms with Crippen molar-refractivity contribution in [2.75, 3.05) is 11.1 Å². The fourth-order valence-electron chi connectivity index (χ4n) is 3.67. The minimum atomic E-state index is -4.52. The van der Waals surface area contributed by atoms with E-state index in [1.54, 1.807) is 4.57 Å². The second kappa shape index (κ2) is 10.4. The summed E-state index contributed by atoms with van der Waals surface area (Å²) in [6.07, 6.45) is -4.22. The fourth-order valence-corrected chi connectivity index (χ4v) is 4.44. The van der Waals surface area contributed by atoms with Gasteiger partial charge in [0.1, 0.15) is 5.82 Å². The zero-order valence-electron chi connectivity index (χ0n) is 18.9. The first-order chi connectivity index (χ1) is 17.1. The van der Waals surface area contributed by atoms with Gasteiger partial charge in [-0.25, -0.2) is 4.79 Å². The number of anilines is 1. The number of amides is 4. The highest BCUT2D eigenvalue weighted by Gasteiger charge is 2.30. The van der Waals surface area contributed by atoms with Gasteiger partial charge in [0.25, 0.3) is 0 Å². The molecule has 36 heavy (non-hydrogen) atoms. The van der Waals surface area contributed by atoms with Crippen LogP contribution < -0.4 is 16.0 Å². The lowest BCUT2D eigenvalue weighted by atomic mass is 10.1. The molecule has 1 aliphatic heterocycles. The van der Waals surface area contributed by atoms with Gasteiger partial charge in [-0.2, -0.15) is 13.2 Å². The van der Waals surface area contributed by atoms with Gasteiger partial charge in [0.2, 0.25) is 11.8 Å². The Balaban J connectivity index is 1.52. The maximum Gasteiger partial charge on any atom is 0.416 e. The molecule has 188 valence electrons. The zero-order chi connectivity index (χ0) is 25.9. The van der Waals surface area contributed by atoms with E-state index in [0.29, 0.717) is 11.0 Å². The molecule has 1 fully saturated rings. The summed E-state index contributed by atoms with van der Waals surface area (Å²) in [6, 6.07) is 10.8. The predicted octanol–water partition coefficient (Wildman–Crippen LogP) is 3.47. The molecule has 0 aliphatic carbocycles. The smallest absolute Gasteiger partial charge is 0.334 e. The van der Waals surface area contributed by atoms with Crippen molar-refractivity contribution in [3.63, 3.8) is 0 Å². The third kappa shape index (κ3) is 6.22. The molecule has 1 aliphatic rings. The fraction of sp³-hybridized carbons (Fsp3) is 0.261. The Morgan fingerprint density at radius 1 is 1.17 bits per heavy atom. The third-order valence-electron chi connectivity index (χ3n) is 5.22. The number of aromatic nitrogens is 3. The van der Waals surface area contributed by atoms with Crippen LogP contribution in [0.15, 0.2) is 53.7 Å². The van der Waals surface area contributed by atoms with Crippen LogP contribution in [0.5, 0.6) is 0 Å². The number of carbonyl (C=O) groups is 3. The second-order valence-electron chi connectivity index (χ2n) is 8.12. The van der Waals surface area contributed by atoms with Crippen molar-refractivity contribution in [2.24, 2.45) is 0 Å². The van der Waals surface area contributed by atoms with E-state index in [-0.39, 0.29) is 24.3 Å². The molecule has 0 radical (unpaired) electrons. The first-order valence-electron chi connectivity index (χ1n) is 10.8. The first kappa shape index (κ1) is 25.2. The van der Waals surface area contributed by atoms with Gasteiger partial charge in [-0.1, -0.05) is 30.0 Å². The van der Waals surface area contributed by atoms with Crippen LogP contribution in [0.25, 0.3) is 5.69 Å². The molecule has 2 heterocycles. The first-order valence-corrected chi connectivity index (χ1v) is 11.8. The monoisotopic (exact) mass is 518 g/mol. The van der Waals surface area contributed by atoms with Crippen LogP contribution in [-0.4, -0.2) is 44.4 Å². The van der Waals surface area contributed by atoms with Crippen molar-refractivity contribution < 1.29 is 27.6 Å². The molecule has 1 unspecified atom stereocenters. The van der Waals surface area contributed by atoms with Crippen molar-refractivity contribution in [3.05, 3.63) is 65.5 Å². The second-order valence-corrected chi connectivity index (χ2v) is 9.06. The van der Waals surface area contributed by atoms with Crippen LogP contribution in [0.4, 0.5) is 23.7 Å². The Kier molecular flexibility index (Phi) is 7.29. The Labute approximate surface area is 207 Å². The molecule has 0 spiro atoms. The average molecular weight is 519 g/mol. The van der Waals surface area contributed by atoms with Crippen molar-refractivity contribution in [3.8, 4) is 5.69 Å². The van der Waals surface area contributed by atoms with Gasteiger partial charge < -0.3 is 10.6 Å². The van der Waals surface area contributed by atoms with Gasteiger partial charge in [0.15, 0.2) is 5.16 Å². The summed E-state index contributed by atoms with van der Waals surface area (Å²) in [7, 11) is 0. The number of urea groups is 1. The number of nitrogens with zero attached hydrogens (tertiary/aromatic N) is 3. The number of rotatable bonds is 7. The molecular weight excluding hydrogens is 497 g/mol. The van der Waals surface area contributed by atoms with Crippen molar-refractivity contribution in [2.45, 2.75) is 37.1 Å². The number of aryl methyl sites for hydroxylation is 1. The number of hydrogen-bond donors (Lipinski definition) is 3. The molecular formula is C23H21F3N6O3S. The van der Waals surface area contributed by atoms with E-state index in [1.807, 2.05) is 31.2 Å². The molecule has 4 amide bonds. The summed E-state index contributed by atoms with van der Waals surface area (Å²) in [5.41, 5.74) is 0.862. The minimum Gasteiger partial charge on any atom is -0.334 e. The number of alkyl halides is 3. The maximum absolute atomic E-state index is 12.9. The summed E-state index contributed by atoms with van der Waals surface area (Å²) in [4.78, 5) is 35.9. The van der Waals surface area contributed by atoms with Crippen LogP contribution in [0.2, 0.25) is 0 Å². The van der Waals surface area contributed by atoms with Crippen LogP contribution in [-0.2, 0) is 22.2 Å². The Hall–Kier alpha value is -3.87. The van der Waals surface area contributed by atoms with E-state index in [4.69, 9.17) is 0 Å². The van der Waals surface area contributed by atoms with Gasteiger partial charge >= 0.3 is 12.2 Å². The highest BCUT2D eigenvalue weighted by molar-refractivity contribution is 7.99. The molecule has 4 rings (SSSR count).